The molecule has 2 amide bonds. The summed E-state index contributed by atoms with van der Waals surface area (Å²) in [5.74, 6) is 0.600. The van der Waals surface area contributed by atoms with Gasteiger partial charge in [-0.25, -0.2) is 0 Å². The predicted molar refractivity (Wildman–Crippen MR) is 94.6 cm³/mol. The number of likely N-dealkylation sites (N-methyl/N-ethyl adjacent to an activating group) is 1. The molecule has 136 valence electrons. The highest BCUT2D eigenvalue weighted by Crippen LogP contribution is 2.23. The van der Waals surface area contributed by atoms with Crippen LogP contribution in [0.25, 0.3) is 0 Å². The molecule has 0 spiro atoms. The SMILES string of the molecule is CN1CCC[C@H]1C(=O)N1CCC(C(=O)NC2CCCCCC2)CC1. The number of nitrogens with zero attached hydrogens (tertiary/aromatic N) is 2. The largest absolute Gasteiger partial charge is 0.353 e. The Hall–Kier alpha value is -1.10. The molecule has 3 fully saturated rings. The first-order valence-corrected chi connectivity index (χ1v) is 9.94. The van der Waals surface area contributed by atoms with Crippen LogP contribution in [0.1, 0.15) is 64.2 Å². The van der Waals surface area contributed by atoms with E-state index >= 15 is 0 Å². The van der Waals surface area contributed by atoms with Gasteiger partial charge in [0.2, 0.25) is 11.8 Å². The van der Waals surface area contributed by atoms with Crippen molar-refractivity contribution in [2.75, 3.05) is 26.7 Å². The van der Waals surface area contributed by atoms with Crippen LogP contribution in [0.2, 0.25) is 0 Å². The zero-order valence-corrected chi connectivity index (χ0v) is 15.1. The lowest BCUT2D eigenvalue weighted by Crippen LogP contribution is -2.49. The fourth-order valence-electron chi connectivity index (χ4n) is 4.54. The molecule has 2 heterocycles. The Morgan fingerprint density at radius 1 is 0.833 bits per heavy atom. The highest BCUT2D eigenvalue weighted by molar-refractivity contribution is 5.83. The van der Waals surface area contributed by atoms with E-state index in [1.807, 2.05) is 11.9 Å². The van der Waals surface area contributed by atoms with E-state index in [0.29, 0.717) is 6.04 Å². The number of likely N-dealkylation sites (tertiary alicyclic amines) is 2. The van der Waals surface area contributed by atoms with Crippen molar-refractivity contribution in [3.8, 4) is 0 Å². The topological polar surface area (TPSA) is 52.7 Å². The highest BCUT2D eigenvalue weighted by atomic mass is 16.2. The second kappa shape index (κ2) is 8.32. The smallest absolute Gasteiger partial charge is 0.239 e. The fraction of sp³-hybridized carbons (Fsp3) is 0.895. The zero-order chi connectivity index (χ0) is 16.9. The van der Waals surface area contributed by atoms with E-state index in [4.69, 9.17) is 0 Å². The summed E-state index contributed by atoms with van der Waals surface area (Å²) in [6.45, 7) is 2.51. The van der Waals surface area contributed by atoms with Gasteiger partial charge < -0.3 is 10.2 Å². The molecule has 1 atom stereocenters. The minimum Gasteiger partial charge on any atom is -0.353 e. The number of carbonyl (C=O) groups excluding carboxylic acids is 2. The van der Waals surface area contributed by atoms with Crippen LogP contribution in [0.4, 0.5) is 0 Å². The first kappa shape index (κ1) is 17.7. The van der Waals surface area contributed by atoms with Crippen molar-refractivity contribution in [3.05, 3.63) is 0 Å². The summed E-state index contributed by atoms with van der Waals surface area (Å²) in [6, 6.07) is 0.452. The van der Waals surface area contributed by atoms with Crippen LogP contribution in [0, 0.1) is 5.92 Å². The minimum atomic E-state index is 0.0707. The van der Waals surface area contributed by atoms with E-state index in [-0.39, 0.29) is 23.8 Å². The van der Waals surface area contributed by atoms with Crippen LogP contribution in [-0.2, 0) is 9.59 Å². The van der Waals surface area contributed by atoms with Gasteiger partial charge in [0.1, 0.15) is 0 Å². The summed E-state index contributed by atoms with van der Waals surface area (Å²) in [5, 5.41) is 3.28. The number of nitrogens with one attached hydrogen (secondary N) is 1. The standard InChI is InChI=1S/C19H33N3O2/c1-21-12-6-9-17(21)19(24)22-13-10-15(11-14-22)18(23)20-16-7-4-2-3-5-8-16/h15-17H,2-14H2,1H3,(H,20,23)/t17-/m0/s1. The average molecular weight is 335 g/mol. The maximum Gasteiger partial charge on any atom is 0.239 e. The van der Waals surface area contributed by atoms with E-state index < -0.39 is 0 Å². The fourth-order valence-corrected chi connectivity index (χ4v) is 4.54. The molecule has 1 saturated carbocycles. The normalized spacial score (nSPS) is 27.9. The van der Waals surface area contributed by atoms with Crippen LogP contribution >= 0.6 is 0 Å². The van der Waals surface area contributed by atoms with Gasteiger partial charge in [-0.1, -0.05) is 25.7 Å². The zero-order valence-electron chi connectivity index (χ0n) is 15.1. The van der Waals surface area contributed by atoms with E-state index in [1.54, 1.807) is 0 Å². The Kier molecular flexibility index (Phi) is 6.14. The summed E-state index contributed by atoms with van der Waals surface area (Å²) < 4.78 is 0. The third-order valence-electron chi connectivity index (χ3n) is 6.18. The van der Waals surface area contributed by atoms with E-state index in [1.165, 1.54) is 25.7 Å². The van der Waals surface area contributed by atoms with E-state index in [9.17, 15) is 9.59 Å². The van der Waals surface area contributed by atoms with Gasteiger partial charge in [0.05, 0.1) is 6.04 Å². The second-order valence-electron chi connectivity index (χ2n) is 7.94. The Balaban J connectivity index is 1.44. The average Bonchev–Trinajstić information content (AvgIpc) is 2.86. The first-order valence-electron chi connectivity index (χ1n) is 9.94. The van der Waals surface area contributed by atoms with Crippen molar-refractivity contribution in [3.63, 3.8) is 0 Å². The quantitative estimate of drug-likeness (QED) is 0.804. The Morgan fingerprint density at radius 3 is 2.08 bits per heavy atom. The lowest BCUT2D eigenvalue weighted by molar-refractivity contribution is -0.139. The number of piperidine rings is 1. The lowest BCUT2D eigenvalue weighted by Gasteiger charge is -2.34. The van der Waals surface area contributed by atoms with Gasteiger partial charge in [-0.15, -0.1) is 0 Å². The van der Waals surface area contributed by atoms with E-state index in [2.05, 4.69) is 10.2 Å². The Labute approximate surface area is 146 Å². The third-order valence-corrected chi connectivity index (χ3v) is 6.18. The number of rotatable bonds is 3. The van der Waals surface area contributed by atoms with Crippen molar-refractivity contribution < 1.29 is 9.59 Å². The molecule has 0 unspecified atom stereocenters. The molecule has 24 heavy (non-hydrogen) atoms. The summed E-state index contributed by atoms with van der Waals surface area (Å²) in [4.78, 5) is 29.3. The Morgan fingerprint density at radius 2 is 1.50 bits per heavy atom. The maximum absolute atomic E-state index is 12.6. The molecule has 0 aromatic heterocycles. The van der Waals surface area contributed by atoms with Gasteiger partial charge in [-0.2, -0.15) is 0 Å². The molecule has 3 rings (SSSR count). The summed E-state index contributed by atoms with van der Waals surface area (Å²) in [5.41, 5.74) is 0. The highest BCUT2D eigenvalue weighted by Gasteiger charge is 2.34. The first-order chi connectivity index (χ1) is 11.6. The van der Waals surface area contributed by atoms with Gasteiger partial charge in [0.15, 0.2) is 0 Å². The molecule has 2 aliphatic heterocycles. The minimum absolute atomic E-state index is 0.0707. The molecule has 0 aromatic carbocycles. The van der Waals surface area contributed by atoms with Gasteiger partial charge >= 0.3 is 0 Å². The van der Waals surface area contributed by atoms with Crippen molar-refractivity contribution in [2.24, 2.45) is 5.92 Å². The van der Waals surface area contributed by atoms with Crippen LogP contribution < -0.4 is 5.32 Å². The Bertz CT molecular complexity index is 438. The number of hydrogen-bond donors (Lipinski definition) is 1. The summed E-state index contributed by atoms with van der Waals surface area (Å²) >= 11 is 0. The molecule has 2 saturated heterocycles. The van der Waals surface area contributed by atoms with Crippen LogP contribution in [0.3, 0.4) is 0 Å². The van der Waals surface area contributed by atoms with Crippen molar-refractivity contribution in [1.82, 2.24) is 15.1 Å². The van der Waals surface area contributed by atoms with Crippen LogP contribution in [-0.4, -0.2) is 60.4 Å². The molecule has 3 aliphatic rings. The summed E-state index contributed by atoms with van der Waals surface area (Å²) in [6.07, 6.45) is 11.1. The molecule has 5 nitrogen and oxygen atoms in total. The molecular weight excluding hydrogens is 302 g/mol. The van der Waals surface area contributed by atoms with Crippen LogP contribution in [0.5, 0.6) is 0 Å². The number of amides is 2. The second-order valence-corrected chi connectivity index (χ2v) is 7.94. The van der Waals surface area contributed by atoms with Crippen molar-refractivity contribution >= 4 is 11.8 Å². The summed E-state index contributed by atoms with van der Waals surface area (Å²) in [7, 11) is 2.04. The maximum atomic E-state index is 12.6. The monoisotopic (exact) mass is 335 g/mol. The molecule has 1 N–H and O–H groups in total. The van der Waals surface area contributed by atoms with Crippen molar-refractivity contribution in [1.29, 1.82) is 0 Å². The predicted octanol–water partition coefficient (Wildman–Crippen LogP) is 2.16. The molecule has 0 radical (unpaired) electrons. The third kappa shape index (κ3) is 4.29. The van der Waals surface area contributed by atoms with Crippen molar-refractivity contribution in [2.45, 2.75) is 76.3 Å². The van der Waals surface area contributed by atoms with Gasteiger partial charge in [-0.3, -0.25) is 14.5 Å². The molecule has 0 bridgehead atoms. The number of hydrogen-bond acceptors (Lipinski definition) is 3. The van der Waals surface area contributed by atoms with Gasteiger partial charge in [0, 0.05) is 25.0 Å². The molecule has 1 aliphatic carbocycles. The molecular formula is C19H33N3O2. The number of carbonyl (C=O) groups is 2. The molecule has 5 heteroatoms. The van der Waals surface area contributed by atoms with Gasteiger partial charge in [0.25, 0.3) is 0 Å². The lowest BCUT2D eigenvalue weighted by atomic mass is 9.94. The van der Waals surface area contributed by atoms with Crippen LogP contribution in [0.15, 0.2) is 0 Å². The van der Waals surface area contributed by atoms with Gasteiger partial charge in [-0.05, 0) is 52.1 Å². The molecule has 0 aromatic rings. The van der Waals surface area contributed by atoms with E-state index in [0.717, 1.165) is 58.2 Å².